The Kier molecular flexibility index (Phi) is 4.93. The van der Waals surface area contributed by atoms with E-state index in [0.29, 0.717) is 11.4 Å². The van der Waals surface area contributed by atoms with E-state index < -0.39 is 5.92 Å². The number of pyridine rings is 1. The molecule has 0 radical (unpaired) electrons. The molecule has 1 heterocycles. The zero-order valence-electron chi connectivity index (χ0n) is 11.6. The van der Waals surface area contributed by atoms with Crippen LogP contribution in [-0.2, 0) is 6.42 Å². The van der Waals surface area contributed by atoms with Gasteiger partial charge in [-0.2, -0.15) is 10.5 Å². The highest BCUT2D eigenvalue weighted by atomic mass is 35.5. The van der Waals surface area contributed by atoms with Gasteiger partial charge in [-0.15, -0.1) is 0 Å². The number of hydrogen-bond acceptors (Lipinski definition) is 3. The van der Waals surface area contributed by atoms with Crippen LogP contribution in [-0.4, -0.2) is 4.98 Å². The van der Waals surface area contributed by atoms with Crippen molar-refractivity contribution >= 4 is 11.6 Å². The lowest BCUT2D eigenvalue weighted by Gasteiger charge is -2.18. The number of rotatable bonds is 4. The Hall–Kier alpha value is -2.36. The van der Waals surface area contributed by atoms with Gasteiger partial charge in [0, 0.05) is 22.3 Å². The molecule has 1 atom stereocenters. The van der Waals surface area contributed by atoms with Crippen LogP contribution >= 0.6 is 11.6 Å². The van der Waals surface area contributed by atoms with E-state index in [1.54, 1.807) is 12.1 Å². The molecule has 0 aliphatic heterocycles. The summed E-state index contributed by atoms with van der Waals surface area (Å²) in [5.41, 5.74) is 2.73. The van der Waals surface area contributed by atoms with Crippen molar-refractivity contribution in [3.8, 4) is 12.1 Å². The topological polar surface area (TPSA) is 60.5 Å². The molecular weight excluding hydrogens is 282 g/mol. The standard InChI is InChI=1S/C17H14ClN3/c1-12-3-2-4-16(21-12)9-17(14(10-19)11-20)13-5-7-15(18)8-6-13/h2-8,14,17H,9H2,1H3. The molecule has 4 heteroatoms. The molecule has 1 unspecified atom stereocenters. The molecular formula is C17H14ClN3. The molecule has 0 aliphatic carbocycles. The zero-order valence-corrected chi connectivity index (χ0v) is 12.4. The number of halogens is 1. The van der Waals surface area contributed by atoms with Gasteiger partial charge in [0.2, 0.25) is 0 Å². The Morgan fingerprint density at radius 2 is 1.76 bits per heavy atom. The fourth-order valence-electron chi connectivity index (χ4n) is 2.29. The molecule has 3 nitrogen and oxygen atoms in total. The number of aryl methyl sites for hydroxylation is 1. The van der Waals surface area contributed by atoms with Crippen LogP contribution in [0.2, 0.25) is 5.02 Å². The van der Waals surface area contributed by atoms with E-state index in [9.17, 15) is 10.5 Å². The maximum atomic E-state index is 9.23. The quantitative estimate of drug-likeness (QED) is 0.855. The summed E-state index contributed by atoms with van der Waals surface area (Å²) >= 11 is 5.90. The van der Waals surface area contributed by atoms with Crippen molar-refractivity contribution in [1.29, 1.82) is 10.5 Å². The molecule has 2 aromatic rings. The first-order valence-electron chi connectivity index (χ1n) is 6.61. The fraction of sp³-hybridized carbons (Fsp3) is 0.235. The lowest BCUT2D eigenvalue weighted by atomic mass is 9.84. The largest absolute Gasteiger partial charge is 0.258 e. The van der Waals surface area contributed by atoms with Crippen molar-refractivity contribution in [1.82, 2.24) is 4.98 Å². The highest BCUT2D eigenvalue weighted by Gasteiger charge is 2.24. The van der Waals surface area contributed by atoms with E-state index in [1.165, 1.54) is 0 Å². The van der Waals surface area contributed by atoms with E-state index in [2.05, 4.69) is 17.1 Å². The third-order valence-corrected chi connectivity index (χ3v) is 3.61. The summed E-state index contributed by atoms with van der Waals surface area (Å²) in [6.45, 7) is 1.92. The minimum Gasteiger partial charge on any atom is -0.258 e. The van der Waals surface area contributed by atoms with Gasteiger partial charge in [-0.05, 0) is 43.2 Å². The number of nitriles is 2. The van der Waals surface area contributed by atoms with Gasteiger partial charge in [-0.3, -0.25) is 4.98 Å². The third kappa shape index (κ3) is 3.81. The molecule has 0 amide bonds. The molecule has 0 saturated carbocycles. The van der Waals surface area contributed by atoms with E-state index in [1.807, 2.05) is 37.3 Å². The molecule has 0 aliphatic rings. The summed E-state index contributed by atoms with van der Waals surface area (Å²) in [6.07, 6.45) is 0.551. The second-order valence-corrected chi connectivity index (χ2v) is 5.30. The van der Waals surface area contributed by atoms with Gasteiger partial charge in [-0.1, -0.05) is 29.8 Å². The second-order valence-electron chi connectivity index (χ2n) is 4.87. The minimum absolute atomic E-state index is 0.216. The van der Waals surface area contributed by atoms with Crippen molar-refractivity contribution < 1.29 is 0 Å². The Labute approximate surface area is 129 Å². The Bertz CT molecular complexity index is 681. The zero-order chi connectivity index (χ0) is 15.2. The normalized spacial score (nSPS) is 11.7. The van der Waals surface area contributed by atoms with Crippen LogP contribution in [0.5, 0.6) is 0 Å². The Morgan fingerprint density at radius 3 is 2.33 bits per heavy atom. The summed E-state index contributed by atoms with van der Waals surface area (Å²) in [5, 5.41) is 19.1. The van der Waals surface area contributed by atoms with Crippen LogP contribution in [0.1, 0.15) is 22.9 Å². The summed E-state index contributed by atoms with van der Waals surface area (Å²) < 4.78 is 0. The molecule has 104 valence electrons. The summed E-state index contributed by atoms with van der Waals surface area (Å²) in [5.74, 6) is -0.931. The van der Waals surface area contributed by atoms with Crippen LogP contribution < -0.4 is 0 Å². The van der Waals surface area contributed by atoms with Gasteiger partial charge < -0.3 is 0 Å². The van der Waals surface area contributed by atoms with Crippen molar-refractivity contribution in [2.24, 2.45) is 5.92 Å². The van der Waals surface area contributed by atoms with Gasteiger partial charge in [0.25, 0.3) is 0 Å². The molecule has 2 rings (SSSR count). The lowest BCUT2D eigenvalue weighted by molar-refractivity contribution is 0.599. The molecule has 0 spiro atoms. The van der Waals surface area contributed by atoms with Crippen molar-refractivity contribution in [2.75, 3.05) is 0 Å². The van der Waals surface area contributed by atoms with Gasteiger partial charge in [0.05, 0.1) is 12.1 Å². The minimum atomic E-state index is -0.714. The van der Waals surface area contributed by atoms with Gasteiger partial charge in [-0.25, -0.2) is 0 Å². The second kappa shape index (κ2) is 6.88. The molecule has 0 N–H and O–H groups in total. The van der Waals surface area contributed by atoms with Gasteiger partial charge in [0.15, 0.2) is 0 Å². The number of benzene rings is 1. The summed E-state index contributed by atoms with van der Waals surface area (Å²) in [6, 6.07) is 17.2. The van der Waals surface area contributed by atoms with Crippen LogP contribution in [0, 0.1) is 35.5 Å². The fourth-order valence-corrected chi connectivity index (χ4v) is 2.41. The Balaban J connectivity index is 2.35. The molecule has 0 saturated heterocycles. The first-order valence-corrected chi connectivity index (χ1v) is 6.99. The maximum Gasteiger partial charge on any atom is 0.140 e. The van der Waals surface area contributed by atoms with Crippen LogP contribution in [0.15, 0.2) is 42.5 Å². The predicted molar refractivity (Wildman–Crippen MR) is 81.6 cm³/mol. The van der Waals surface area contributed by atoms with E-state index in [4.69, 9.17) is 11.6 Å². The van der Waals surface area contributed by atoms with Crippen molar-refractivity contribution in [2.45, 2.75) is 19.3 Å². The highest BCUT2D eigenvalue weighted by Crippen LogP contribution is 2.29. The predicted octanol–water partition coefficient (Wildman–Crippen LogP) is 4.03. The number of hydrogen-bond donors (Lipinski definition) is 0. The van der Waals surface area contributed by atoms with Crippen molar-refractivity contribution in [3.63, 3.8) is 0 Å². The SMILES string of the molecule is Cc1cccc(CC(c2ccc(Cl)cc2)C(C#N)C#N)n1. The summed E-state index contributed by atoms with van der Waals surface area (Å²) in [7, 11) is 0. The van der Waals surface area contributed by atoms with Gasteiger partial charge in [0.1, 0.15) is 5.92 Å². The van der Waals surface area contributed by atoms with E-state index in [0.717, 1.165) is 17.0 Å². The first-order chi connectivity index (χ1) is 10.1. The van der Waals surface area contributed by atoms with Crippen LogP contribution in [0.4, 0.5) is 0 Å². The summed E-state index contributed by atoms with van der Waals surface area (Å²) in [4.78, 5) is 4.46. The maximum absolute atomic E-state index is 9.23. The van der Waals surface area contributed by atoms with Crippen molar-refractivity contribution in [3.05, 3.63) is 64.4 Å². The molecule has 1 aromatic heterocycles. The first kappa shape index (κ1) is 15.0. The number of aromatic nitrogens is 1. The third-order valence-electron chi connectivity index (χ3n) is 3.35. The lowest BCUT2D eigenvalue weighted by Crippen LogP contribution is -2.13. The van der Waals surface area contributed by atoms with E-state index in [-0.39, 0.29) is 5.92 Å². The average molecular weight is 296 g/mol. The smallest absolute Gasteiger partial charge is 0.140 e. The molecule has 0 fully saturated rings. The highest BCUT2D eigenvalue weighted by molar-refractivity contribution is 6.30. The molecule has 1 aromatic carbocycles. The van der Waals surface area contributed by atoms with Crippen LogP contribution in [0.25, 0.3) is 0 Å². The monoisotopic (exact) mass is 295 g/mol. The van der Waals surface area contributed by atoms with E-state index >= 15 is 0 Å². The van der Waals surface area contributed by atoms with Crippen LogP contribution in [0.3, 0.4) is 0 Å². The molecule has 21 heavy (non-hydrogen) atoms. The average Bonchev–Trinajstić information content (AvgIpc) is 2.48. The van der Waals surface area contributed by atoms with Gasteiger partial charge >= 0.3 is 0 Å². The molecule has 0 bridgehead atoms. The Morgan fingerprint density at radius 1 is 1.10 bits per heavy atom. The number of nitrogens with zero attached hydrogens (tertiary/aromatic N) is 3.